The Bertz CT molecular complexity index is 1040. The fourth-order valence-electron chi connectivity index (χ4n) is 2.69. The summed E-state index contributed by atoms with van der Waals surface area (Å²) >= 11 is 16.4. The molecule has 0 saturated carbocycles. The lowest BCUT2D eigenvalue weighted by molar-refractivity contribution is -0.145. The number of halogens is 3. The summed E-state index contributed by atoms with van der Waals surface area (Å²) < 4.78 is 10.7. The topological polar surface area (TPSA) is 72.9 Å². The number of imide groups is 1. The number of esters is 1. The zero-order valence-electron chi connectivity index (χ0n) is 16.2. The molecular formula is C21H16BrCl2NO5S. The van der Waals surface area contributed by atoms with Crippen molar-refractivity contribution in [3.05, 3.63) is 66.9 Å². The average molecular weight is 545 g/mol. The van der Waals surface area contributed by atoms with E-state index in [1.807, 2.05) is 0 Å². The predicted molar refractivity (Wildman–Crippen MR) is 124 cm³/mol. The van der Waals surface area contributed by atoms with E-state index < -0.39 is 5.97 Å². The van der Waals surface area contributed by atoms with Gasteiger partial charge >= 0.3 is 5.97 Å². The van der Waals surface area contributed by atoms with Crippen LogP contribution in [0.5, 0.6) is 5.75 Å². The predicted octanol–water partition coefficient (Wildman–Crippen LogP) is 5.93. The highest BCUT2D eigenvalue weighted by atomic mass is 79.9. The van der Waals surface area contributed by atoms with Crippen LogP contribution in [-0.2, 0) is 20.9 Å². The standard InChI is InChI=1S/C21H16BrCl2NO5S/c1-2-29-18(26)11-30-19-15(22)7-13(8-16(19)24)9-17-20(27)25(21(28)31-17)10-12-3-5-14(23)6-4-12/h3-9H,2,10-11H2,1H3/b17-9+. The van der Waals surface area contributed by atoms with Gasteiger partial charge in [0.25, 0.3) is 11.1 Å². The van der Waals surface area contributed by atoms with Crippen molar-refractivity contribution in [1.29, 1.82) is 0 Å². The number of benzene rings is 2. The molecule has 10 heteroatoms. The van der Waals surface area contributed by atoms with Crippen molar-refractivity contribution < 1.29 is 23.9 Å². The first kappa shape index (κ1) is 23.7. The van der Waals surface area contributed by atoms with Crippen molar-refractivity contribution in [2.24, 2.45) is 0 Å². The molecule has 1 aliphatic rings. The second-order valence-corrected chi connectivity index (χ2v) is 8.99. The SMILES string of the molecule is CCOC(=O)COc1c(Cl)cc(/C=C2/SC(=O)N(Cc3ccc(Cl)cc3)C2=O)cc1Br. The van der Waals surface area contributed by atoms with Gasteiger partial charge in [-0.2, -0.15) is 0 Å². The Balaban J connectivity index is 1.75. The van der Waals surface area contributed by atoms with E-state index in [0.29, 0.717) is 15.1 Å². The first-order valence-electron chi connectivity index (χ1n) is 9.05. The Morgan fingerprint density at radius 2 is 1.90 bits per heavy atom. The zero-order valence-corrected chi connectivity index (χ0v) is 20.1. The van der Waals surface area contributed by atoms with Gasteiger partial charge in [-0.1, -0.05) is 35.3 Å². The summed E-state index contributed by atoms with van der Waals surface area (Å²) in [4.78, 5) is 38.0. The van der Waals surface area contributed by atoms with E-state index in [1.54, 1.807) is 49.4 Å². The molecule has 1 heterocycles. The molecule has 2 aromatic rings. The minimum absolute atomic E-state index is 0.157. The fraction of sp³-hybridized carbons (Fsp3) is 0.190. The maximum absolute atomic E-state index is 12.7. The molecular weight excluding hydrogens is 529 g/mol. The molecule has 0 radical (unpaired) electrons. The third-order valence-corrected chi connectivity index (χ3v) is 6.11. The lowest BCUT2D eigenvalue weighted by atomic mass is 10.2. The third-order valence-electron chi connectivity index (χ3n) is 4.09. The van der Waals surface area contributed by atoms with Crippen LogP contribution in [0.15, 0.2) is 45.8 Å². The first-order chi connectivity index (χ1) is 14.8. The zero-order chi connectivity index (χ0) is 22.5. The lowest BCUT2D eigenvalue weighted by Gasteiger charge is -2.12. The smallest absolute Gasteiger partial charge is 0.344 e. The maximum atomic E-state index is 12.7. The summed E-state index contributed by atoms with van der Waals surface area (Å²) in [5.41, 5.74) is 1.39. The van der Waals surface area contributed by atoms with Crippen LogP contribution in [0.1, 0.15) is 18.1 Å². The van der Waals surface area contributed by atoms with Gasteiger partial charge in [-0.3, -0.25) is 14.5 Å². The maximum Gasteiger partial charge on any atom is 0.344 e. The summed E-state index contributed by atoms with van der Waals surface area (Å²) in [6.07, 6.45) is 1.58. The van der Waals surface area contributed by atoms with Gasteiger partial charge in [-0.05, 0) is 76.1 Å². The number of hydrogen-bond acceptors (Lipinski definition) is 6. The molecule has 3 rings (SSSR count). The summed E-state index contributed by atoms with van der Waals surface area (Å²) in [5.74, 6) is -0.619. The van der Waals surface area contributed by atoms with Crippen LogP contribution in [0.3, 0.4) is 0 Å². The molecule has 0 aliphatic carbocycles. The van der Waals surface area contributed by atoms with E-state index in [1.165, 1.54) is 4.90 Å². The van der Waals surface area contributed by atoms with Crippen molar-refractivity contribution in [3.8, 4) is 5.75 Å². The van der Waals surface area contributed by atoms with Crippen LogP contribution in [-0.4, -0.2) is 35.2 Å². The molecule has 1 aliphatic heterocycles. The second-order valence-electron chi connectivity index (χ2n) is 6.30. The summed E-state index contributed by atoms with van der Waals surface area (Å²) in [6, 6.07) is 10.2. The van der Waals surface area contributed by atoms with Crippen molar-refractivity contribution >= 4 is 74.1 Å². The number of rotatable bonds is 7. The monoisotopic (exact) mass is 543 g/mol. The van der Waals surface area contributed by atoms with Gasteiger partial charge in [0.15, 0.2) is 12.4 Å². The summed E-state index contributed by atoms with van der Waals surface area (Å²) in [7, 11) is 0. The van der Waals surface area contributed by atoms with Crippen LogP contribution < -0.4 is 4.74 Å². The number of hydrogen-bond donors (Lipinski definition) is 0. The molecule has 0 aromatic heterocycles. The van der Waals surface area contributed by atoms with E-state index in [-0.39, 0.29) is 46.6 Å². The number of amides is 2. The molecule has 2 amide bonds. The molecule has 2 aromatic carbocycles. The molecule has 31 heavy (non-hydrogen) atoms. The lowest BCUT2D eigenvalue weighted by Crippen LogP contribution is -2.27. The van der Waals surface area contributed by atoms with Crippen LogP contribution in [0.2, 0.25) is 10.0 Å². The average Bonchev–Trinajstić information content (AvgIpc) is 2.96. The van der Waals surface area contributed by atoms with E-state index in [4.69, 9.17) is 32.7 Å². The Morgan fingerprint density at radius 3 is 2.55 bits per heavy atom. The van der Waals surface area contributed by atoms with Crippen molar-refractivity contribution in [2.45, 2.75) is 13.5 Å². The van der Waals surface area contributed by atoms with Crippen molar-refractivity contribution in [1.82, 2.24) is 4.90 Å². The number of ether oxygens (including phenoxy) is 2. The summed E-state index contributed by atoms with van der Waals surface area (Å²) in [5, 5.41) is 0.464. The Labute approximate surface area is 201 Å². The van der Waals surface area contributed by atoms with Gasteiger partial charge in [0.1, 0.15) is 0 Å². The van der Waals surface area contributed by atoms with Crippen LogP contribution in [0.25, 0.3) is 6.08 Å². The summed E-state index contributed by atoms with van der Waals surface area (Å²) in [6.45, 7) is 1.83. The van der Waals surface area contributed by atoms with Crippen LogP contribution in [0, 0.1) is 0 Å². The van der Waals surface area contributed by atoms with E-state index in [2.05, 4.69) is 15.9 Å². The number of carbonyl (C=O) groups excluding carboxylic acids is 3. The third kappa shape index (κ3) is 6.04. The molecule has 1 saturated heterocycles. The van der Waals surface area contributed by atoms with Gasteiger partial charge in [0.05, 0.1) is 27.6 Å². The molecule has 162 valence electrons. The van der Waals surface area contributed by atoms with Gasteiger partial charge in [0, 0.05) is 5.02 Å². The highest BCUT2D eigenvalue weighted by Gasteiger charge is 2.35. The van der Waals surface area contributed by atoms with Gasteiger partial charge in [-0.25, -0.2) is 4.79 Å². The van der Waals surface area contributed by atoms with Gasteiger partial charge < -0.3 is 9.47 Å². The van der Waals surface area contributed by atoms with Crippen LogP contribution >= 0.6 is 50.9 Å². The number of thioether (sulfide) groups is 1. The minimum atomic E-state index is -0.510. The molecule has 0 unspecified atom stereocenters. The van der Waals surface area contributed by atoms with Crippen molar-refractivity contribution in [2.75, 3.05) is 13.2 Å². The first-order valence-corrected chi connectivity index (χ1v) is 11.4. The highest BCUT2D eigenvalue weighted by Crippen LogP contribution is 2.38. The molecule has 0 N–H and O–H groups in total. The molecule has 0 bridgehead atoms. The Morgan fingerprint density at radius 1 is 1.19 bits per heavy atom. The fourth-order valence-corrected chi connectivity index (χ4v) is 4.65. The molecule has 0 spiro atoms. The quantitative estimate of drug-likeness (QED) is 0.317. The van der Waals surface area contributed by atoms with Crippen molar-refractivity contribution in [3.63, 3.8) is 0 Å². The molecule has 1 fully saturated rings. The number of carbonyl (C=O) groups is 3. The largest absolute Gasteiger partial charge is 0.479 e. The van der Waals surface area contributed by atoms with E-state index in [0.717, 1.165) is 17.3 Å². The van der Waals surface area contributed by atoms with Gasteiger partial charge in [-0.15, -0.1) is 0 Å². The number of nitrogens with zero attached hydrogens (tertiary/aromatic N) is 1. The van der Waals surface area contributed by atoms with Crippen LogP contribution in [0.4, 0.5) is 4.79 Å². The second kappa shape index (κ2) is 10.5. The highest BCUT2D eigenvalue weighted by molar-refractivity contribution is 9.10. The van der Waals surface area contributed by atoms with E-state index in [9.17, 15) is 14.4 Å². The van der Waals surface area contributed by atoms with Gasteiger partial charge in [0.2, 0.25) is 0 Å². The normalized spacial score (nSPS) is 15.0. The Hall–Kier alpha value is -2.00. The van der Waals surface area contributed by atoms with E-state index >= 15 is 0 Å². The molecule has 6 nitrogen and oxygen atoms in total. The molecule has 0 atom stereocenters. The minimum Gasteiger partial charge on any atom is -0.479 e. The Kier molecular flexibility index (Phi) is 8.05.